The molecular weight excluding hydrogens is 383 g/mol. The van der Waals surface area contributed by atoms with E-state index in [-0.39, 0.29) is 17.8 Å². The van der Waals surface area contributed by atoms with Crippen LogP contribution in [0.15, 0.2) is 28.7 Å². The molecule has 0 saturated carbocycles. The van der Waals surface area contributed by atoms with Gasteiger partial charge >= 0.3 is 0 Å². The Bertz CT molecular complexity index is 986. The number of aromatic nitrogens is 2. The van der Waals surface area contributed by atoms with Crippen LogP contribution in [0.2, 0.25) is 5.02 Å². The smallest absolute Gasteiger partial charge is 0.297 e. The van der Waals surface area contributed by atoms with Crippen molar-refractivity contribution in [1.82, 2.24) is 14.9 Å². The van der Waals surface area contributed by atoms with Crippen molar-refractivity contribution in [2.75, 3.05) is 25.0 Å². The van der Waals surface area contributed by atoms with Gasteiger partial charge in [-0.1, -0.05) is 18.5 Å². The number of pyridine rings is 1. The number of benzene rings is 1. The number of hydrogen-bond acceptors (Lipinski definition) is 6. The number of aryl methyl sites for hydroxylation is 1. The molecule has 3 heterocycles. The predicted molar refractivity (Wildman–Crippen MR) is 108 cm³/mol. The summed E-state index contributed by atoms with van der Waals surface area (Å²) in [6, 6.07) is 6.63. The van der Waals surface area contributed by atoms with Gasteiger partial charge < -0.3 is 19.7 Å². The lowest BCUT2D eigenvalue weighted by atomic mass is 10.0. The zero-order chi connectivity index (χ0) is 19.8. The number of likely N-dealkylation sites (tertiary alicyclic amines) is 1. The maximum absolute atomic E-state index is 14.3. The monoisotopic (exact) mass is 404 g/mol. The number of phenolic OH excluding ortho intramolecular Hbond substituents is 1. The second kappa shape index (κ2) is 7.56. The first kappa shape index (κ1) is 19.0. The highest BCUT2D eigenvalue weighted by Crippen LogP contribution is 2.35. The van der Waals surface area contributed by atoms with Gasteiger partial charge in [0.25, 0.3) is 6.01 Å². The predicted octanol–water partition coefficient (Wildman–Crippen LogP) is 4.40. The van der Waals surface area contributed by atoms with Crippen molar-refractivity contribution in [3.63, 3.8) is 0 Å². The molecular formula is C20H22ClFN4O2. The van der Waals surface area contributed by atoms with Crippen molar-refractivity contribution in [2.45, 2.75) is 32.5 Å². The lowest BCUT2D eigenvalue weighted by molar-refractivity contribution is 0.140. The van der Waals surface area contributed by atoms with Crippen LogP contribution >= 0.6 is 11.6 Å². The van der Waals surface area contributed by atoms with Crippen molar-refractivity contribution in [3.8, 4) is 17.0 Å². The van der Waals surface area contributed by atoms with Crippen molar-refractivity contribution < 1.29 is 13.9 Å². The number of halogens is 2. The Morgan fingerprint density at radius 1 is 1.36 bits per heavy atom. The summed E-state index contributed by atoms with van der Waals surface area (Å²) >= 11 is 5.98. The van der Waals surface area contributed by atoms with Crippen molar-refractivity contribution in [2.24, 2.45) is 0 Å². The third-order valence-corrected chi connectivity index (χ3v) is 5.38. The van der Waals surface area contributed by atoms with E-state index in [1.54, 1.807) is 18.2 Å². The minimum absolute atomic E-state index is 0.0563. The molecule has 1 saturated heterocycles. The molecule has 0 radical (unpaired) electrons. The second-order valence-electron chi connectivity index (χ2n) is 7.10. The summed E-state index contributed by atoms with van der Waals surface area (Å²) in [4.78, 5) is 11.1. The molecule has 0 aliphatic carbocycles. The number of fused-ring (bicyclic) bond motifs is 1. The fourth-order valence-electron chi connectivity index (χ4n) is 3.65. The molecule has 2 N–H and O–H groups in total. The van der Waals surface area contributed by atoms with Gasteiger partial charge in [-0.05, 0) is 49.7 Å². The number of likely N-dealkylation sites (N-methyl/N-ethyl adjacent to an activating group) is 1. The minimum Gasteiger partial charge on any atom is -0.507 e. The Morgan fingerprint density at radius 3 is 2.93 bits per heavy atom. The zero-order valence-electron chi connectivity index (χ0n) is 15.7. The highest BCUT2D eigenvalue weighted by molar-refractivity contribution is 6.31. The minimum atomic E-state index is -0.949. The summed E-state index contributed by atoms with van der Waals surface area (Å²) in [6.07, 6.45) is -0.460. The van der Waals surface area contributed by atoms with Crippen LogP contribution in [0, 0.1) is 6.92 Å². The molecule has 2 atom stereocenters. The van der Waals surface area contributed by atoms with Crippen LogP contribution in [0.3, 0.4) is 0 Å². The van der Waals surface area contributed by atoms with Gasteiger partial charge in [-0.15, -0.1) is 0 Å². The topological polar surface area (TPSA) is 74.4 Å². The first-order valence-corrected chi connectivity index (χ1v) is 9.72. The fourth-order valence-corrected chi connectivity index (χ4v) is 3.92. The number of oxazole rings is 1. The van der Waals surface area contributed by atoms with Crippen LogP contribution < -0.4 is 5.32 Å². The summed E-state index contributed by atoms with van der Waals surface area (Å²) in [5.41, 5.74) is 2.86. The number of nitrogens with one attached hydrogen (secondary N) is 1. The van der Waals surface area contributed by atoms with E-state index in [1.165, 1.54) is 6.07 Å². The van der Waals surface area contributed by atoms with Gasteiger partial charge in [-0.2, -0.15) is 4.98 Å². The van der Waals surface area contributed by atoms with Crippen LogP contribution in [-0.2, 0) is 0 Å². The molecule has 1 aromatic carbocycles. The van der Waals surface area contributed by atoms with E-state index in [4.69, 9.17) is 16.0 Å². The van der Waals surface area contributed by atoms with Crippen molar-refractivity contribution in [3.05, 3.63) is 34.9 Å². The largest absolute Gasteiger partial charge is 0.507 e. The highest BCUT2D eigenvalue weighted by Gasteiger charge is 2.29. The average molecular weight is 405 g/mol. The molecule has 0 bridgehead atoms. The molecule has 1 aliphatic rings. The van der Waals surface area contributed by atoms with Gasteiger partial charge in [-0.25, -0.2) is 9.37 Å². The van der Waals surface area contributed by atoms with Gasteiger partial charge in [0.05, 0.1) is 11.7 Å². The first-order valence-electron chi connectivity index (χ1n) is 9.34. The Kier molecular flexibility index (Phi) is 5.12. The van der Waals surface area contributed by atoms with Crippen molar-refractivity contribution in [1.29, 1.82) is 0 Å². The van der Waals surface area contributed by atoms with Crippen LogP contribution in [0.4, 0.5) is 10.4 Å². The van der Waals surface area contributed by atoms with E-state index < -0.39 is 6.17 Å². The van der Waals surface area contributed by atoms with Gasteiger partial charge in [0.1, 0.15) is 11.9 Å². The third-order valence-electron chi connectivity index (χ3n) is 5.16. The van der Waals surface area contributed by atoms with E-state index in [0.717, 1.165) is 18.7 Å². The zero-order valence-corrected chi connectivity index (χ0v) is 16.5. The maximum atomic E-state index is 14.3. The molecule has 1 aliphatic heterocycles. The number of phenols is 1. The number of piperidine rings is 1. The van der Waals surface area contributed by atoms with Crippen molar-refractivity contribution >= 4 is 28.8 Å². The molecule has 3 aromatic rings. The molecule has 0 spiro atoms. The fraction of sp³-hybridized carbons (Fsp3) is 0.400. The lowest BCUT2D eigenvalue weighted by Gasteiger charge is -2.34. The van der Waals surface area contributed by atoms with Gasteiger partial charge in [-0.3, -0.25) is 0 Å². The first-order chi connectivity index (χ1) is 13.4. The Balaban J connectivity index is 1.62. The number of anilines is 1. The summed E-state index contributed by atoms with van der Waals surface area (Å²) in [5, 5.41) is 13.8. The number of alkyl halides is 1. The second-order valence-corrected chi connectivity index (χ2v) is 7.54. The lowest BCUT2D eigenvalue weighted by Crippen LogP contribution is -2.48. The molecule has 6 nitrogen and oxygen atoms in total. The van der Waals surface area contributed by atoms with E-state index in [0.29, 0.717) is 40.5 Å². The summed E-state index contributed by atoms with van der Waals surface area (Å²) < 4.78 is 20.0. The number of rotatable bonds is 4. The summed E-state index contributed by atoms with van der Waals surface area (Å²) in [7, 11) is 0. The normalized spacial score (nSPS) is 20.6. The van der Waals surface area contributed by atoms with E-state index in [9.17, 15) is 9.50 Å². The van der Waals surface area contributed by atoms with Gasteiger partial charge in [0.2, 0.25) is 5.65 Å². The Morgan fingerprint density at radius 2 is 2.18 bits per heavy atom. The van der Waals surface area contributed by atoms with Gasteiger partial charge in [0.15, 0.2) is 5.58 Å². The van der Waals surface area contributed by atoms with Crippen LogP contribution in [0.25, 0.3) is 22.5 Å². The molecule has 4 rings (SSSR count). The quantitative estimate of drug-likeness (QED) is 0.671. The molecule has 148 valence electrons. The number of nitrogens with zero attached hydrogens (tertiary/aromatic N) is 3. The average Bonchev–Trinajstić information content (AvgIpc) is 3.04. The Labute approximate surface area is 167 Å². The number of hydrogen-bond donors (Lipinski definition) is 2. The molecule has 0 amide bonds. The Hall–Kier alpha value is -2.38. The summed E-state index contributed by atoms with van der Waals surface area (Å²) in [5.74, 6) is 0.0563. The third kappa shape index (κ3) is 3.64. The standard InChI is InChI=1S/C20H22ClFN4O2/c1-3-26-7-6-13(22)15(10-26)24-20-25-19-17(28-20)5-4-14(23-19)18-11(2)8-12(21)9-16(18)27/h4-5,8-9,13,15,27H,3,6-7,10H2,1-2H3,(H,23,24,25)/t13-,15?/m1/s1. The van der Waals surface area contributed by atoms with E-state index in [2.05, 4.69) is 27.1 Å². The number of aromatic hydroxyl groups is 1. The van der Waals surface area contributed by atoms with Crippen LogP contribution in [0.5, 0.6) is 5.75 Å². The molecule has 28 heavy (non-hydrogen) atoms. The highest BCUT2D eigenvalue weighted by atomic mass is 35.5. The van der Waals surface area contributed by atoms with Crippen LogP contribution in [-0.4, -0.2) is 51.8 Å². The maximum Gasteiger partial charge on any atom is 0.297 e. The van der Waals surface area contributed by atoms with E-state index >= 15 is 0 Å². The molecule has 2 aromatic heterocycles. The summed E-state index contributed by atoms with van der Waals surface area (Å²) in [6.45, 7) is 6.17. The molecule has 8 heteroatoms. The van der Waals surface area contributed by atoms with E-state index in [1.807, 2.05) is 6.92 Å². The van der Waals surface area contributed by atoms with Gasteiger partial charge in [0, 0.05) is 23.7 Å². The SMILES string of the molecule is CCN1CC[C@@H](F)C(Nc2nc3nc(-c4c(C)cc(Cl)cc4O)ccc3o2)C1. The molecule has 1 fully saturated rings. The van der Waals surface area contributed by atoms with Crippen LogP contribution in [0.1, 0.15) is 18.9 Å². The molecule has 1 unspecified atom stereocenters.